The van der Waals surface area contributed by atoms with Gasteiger partial charge in [-0.15, -0.1) is 5.10 Å². The molecule has 0 aliphatic rings. The Morgan fingerprint density at radius 2 is 1.87 bits per heavy atom. The summed E-state index contributed by atoms with van der Waals surface area (Å²) in [6, 6.07) is 2.16. The van der Waals surface area contributed by atoms with Crippen molar-refractivity contribution in [3.63, 3.8) is 0 Å². The molecular formula is C22H34FN5O3. The first-order valence-corrected chi connectivity index (χ1v) is 10.6. The Morgan fingerprint density at radius 1 is 1.23 bits per heavy atom. The summed E-state index contributed by atoms with van der Waals surface area (Å²) in [5.74, 6) is -0.173. The zero-order chi connectivity index (χ0) is 23.5. The number of benzene rings is 1. The van der Waals surface area contributed by atoms with Gasteiger partial charge in [0.2, 0.25) is 0 Å². The first-order valence-electron chi connectivity index (χ1n) is 10.6. The largest absolute Gasteiger partial charge is 0.490 e. The number of hydrogen-bond acceptors (Lipinski definition) is 5. The molecule has 172 valence electrons. The van der Waals surface area contributed by atoms with Crippen molar-refractivity contribution in [2.45, 2.75) is 66.0 Å². The van der Waals surface area contributed by atoms with Crippen molar-refractivity contribution < 1.29 is 13.9 Å². The van der Waals surface area contributed by atoms with Gasteiger partial charge < -0.3 is 15.8 Å². The standard InChI is InChI=1S/C22H34FN5O3/c1-12(2)8-15(6)31-19-10-18(28-22(30)27(7)20(26-28)13(3)4)17(23)9-16(19)21(29)25-14(5)11-24/h9-10,12-15H,8,11,24H2,1-7H3,(H,25,29)/t14-,15-/m0/s1. The number of carbonyl (C=O) groups is 1. The number of rotatable bonds is 9. The Bertz CT molecular complexity index is 980. The van der Waals surface area contributed by atoms with Crippen molar-refractivity contribution >= 4 is 5.91 Å². The number of nitrogens with one attached hydrogen (secondary N) is 1. The van der Waals surface area contributed by atoms with Crippen molar-refractivity contribution in [3.8, 4) is 11.4 Å². The van der Waals surface area contributed by atoms with E-state index in [9.17, 15) is 9.59 Å². The van der Waals surface area contributed by atoms with E-state index < -0.39 is 17.4 Å². The van der Waals surface area contributed by atoms with Gasteiger partial charge in [0.25, 0.3) is 5.91 Å². The van der Waals surface area contributed by atoms with Crippen LogP contribution in [0.25, 0.3) is 5.69 Å². The molecule has 1 amide bonds. The van der Waals surface area contributed by atoms with Crippen LogP contribution >= 0.6 is 0 Å². The highest BCUT2D eigenvalue weighted by Gasteiger charge is 2.23. The zero-order valence-electron chi connectivity index (χ0n) is 19.4. The third-order valence-corrected chi connectivity index (χ3v) is 4.91. The molecule has 0 saturated carbocycles. The predicted molar refractivity (Wildman–Crippen MR) is 118 cm³/mol. The Hall–Kier alpha value is -2.68. The van der Waals surface area contributed by atoms with Gasteiger partial charge in [-0.1, -0.05) is 27.7 Å². The van der Waals surface area contributed by atoms with Crippen LogP contribution in [0.1, 0.15) is 70.1 Å². The Morgan fingerprint density at radius 3 is 2.39 bits per heavy atom. The van der Waals surface area contributed by atoms with Gasteiger partial charge in [-0.25, -0.2) is 9.18 Å². The van der Waals surface area contributed by atoms with Crippen LogP contribution in [0.3, 0.4) is 0 Å². The number of nitrogens with two attached hydrogens (primary N) is 1. The molecule has 2 aromatic rings. The van der Waals surface area contributed by atoms with E-state index in [0.29, 0.717) is 11.7 Å². The quantitative estimate of drug-likeness (QED) is 0.630. The van der Waals surface area contributed by atoms with Crippen molar-refractivity contribution in [3.05, 3.63) is 39.8 Å². The normalized spacial score (nSPS) is 13.5. The van der Waals surface area contributed by atoms with Crippen LogP contribution in [0.15, 0.2) is 16.9 Å². The molecule has 1 aromatic heterocycles. The van der Waals surface area contributed by atoms with Crippen LogP contribution in [0, 0.1) is 11.7 Å². The van der Waals surface area contributed by atoms with Crippen LogP contribution in [0.4, 0.5) is 4.39 Å². The number of ether oxygens (including phenoxy) is 1. The Balaban J connectivity index is 2.60. The number of hydrogen-bond donors (Lipinski definition) is 2. The zero-order valence-corrected chi connectivity index (χ0v) is 19.4. The molecule has 3 N–H and O–H groups in total. The second kappa shape index (κ2) is 10.1. The van der Waals surface area contributed by atoms with Crippen molar-refractivity contribution in [1.82, 2.24) is 19.7 Å². The van der Waals surface area contributed by atoms with E-state index in [4.69, 9.17) is 10.5 Å². The van der Waals surface area contributed by atoms with E-state index in [0.717, 1.165) is 17.2 Å². The van der Waals surface area contributed by atoms with E-state index in [1.54, 1.807) is 14.0 Å². The van der Waals surface area contributed by atoms with E-state index in [2.05, 4.69) is 24.3 Å². The molecule has 31 heavy (non-hydrogen) atoms. The summed E-state index contributed by atoms with van der Waals surface area (Å²) < 4.78 is 23.5. The molecule has 2 atom stereocenters. The Kier molecular flexibility index (Phi) is 8.00. The minimum Gasteiger partial charge on any atom is -0.490 e. The molecule has 0 saturated heterocycles. The molecule has 1 heterocycles. The fraction of sp³-hybridized carbons (Fsp3) is 0.591. The second-order valence-electron chi connectivity index (χ2n) is 8.73. The lowest BCUT2D eigenvalue weighted by Gasteiger charge is -2.20. The summed E-state index contributed by atoms with van der Waals surface area (Å²) in [7, 11) is 1.59. The summed E-state index contributed by atoms with van der Waals surface area (Å²) in [4.78, 5) is 25.4. The molecule has 0 aliphatic carbocycles. The van der Waals surface area contributed by atoms with Crippen LogP contribution in [-0.2, 0) is 7.05 Å². The molecule has 0 aliphatic heterocycles. The van der Waals surface area contributed by atoms with Crippen LogP contribution in [-0.4, -0.2) is 38.9 Å². The fourth-order valence-electron chi connectivity index (χ4n) is 3.38. The summed E-state index contributed by atoms with van der Waals surface area (Å²) in [5, 5.41) is 7.03. The van der Waals surface area contributed by atoms with Crippen molar-refractivity contribution in [1.29, 1.82) is 0 Å². The minimum absolute atomic E-state index is 0.0217. The van der Waals surface area contributed by atoms with Crippen LogP contribution in [0.5, 0.6) is 5.75 Å². The highest BCUT2D eigenvalue weighted by Crippen LogP contribution is 2.27. The van der Waals surface area contributed by atoms with E-state index in [1.807, 2.05) is 20.8 Å². The van der Waals surface area contributed by atoms with Crippen molar-refractivity contribution in [2.75, 3.05) is 6.54 Å². The maximum absolute atomic E-state index is 15.1. The lowest BCUT2D eigenvalue weighted by Crippen LogP contribution is -2.38. The van der Waals surface area contributed by atoms with Crippen LogP contribution in [0.2, 0.25) is 0 Å². The average Bonchev–Trinajstić information content (AvgIpc) is 2.97. The lowest BCUT2D eigenvalue weighted by molar-refractivity contribution is 0.0933. The van der Waals surface area contributed by atoms with Gasteiger partial charge >= 0.3 is 5.69 Å². The predicted octanol–water partition coefficient (Wildman–Crippen LogP) is 2.72. The monoisotopic (exact) mass is 435 g/mol. The average molecular weight is 436 g/mol. The summed E-state index contributed by atoms with van der Waals surface area (Å²) >= 11 is 0. The smallest absolute Gasteiger partial charge is 0.350 e. The first kappa shape index (κ1) is 24.6. The molecule has 8 nitrogen and oxygen atoms in total. The van der Waals surface area contributed by atoms with Gasteiger partial charge in [0.15, 0.2) is 0 Å². The van der Waals surface area contributed by atoms with Gasteiger partial charge in [0, 0.05) is 31.6 Å². The molecule has 0 radical (unpaired) electrons. The summed E-state index contributed by atoms with van der Waals surface area (Å²) in [5.41, 5.74) is 5.10. The molecule has 1 aromatic carbocycles. The van der Waals surface area contributed by atoms with E-state index in [-0.39, 0.29) is 41.6 Å². The maximum atomic E-state index is 15.1. The maximum Gasteiger partial charge on any atom is 0.350 e. The molecule has 2 rings (SSSR count). The van der Waals surface area contributed by atoms with Gasteiger partial charge in [0.05, 0.1) is 11.7 Å². The second-order valence-corrected chi connectivity index (χ2v) is 8.73. The van der Waals surface area contributed by atoms with Gasteiger partial charge in [-0.3, -0.25) is 9.36 Å². The number of nitrogens with zero attached hydrogens (tertiary/aromatic N) is 3. The third kappa shape index (κ3) is 5.72. The molecule has 0 fully saturated rings. The topological polar surface area (TPSA) is 104 Å². The minimum atomic E-state index is -0.745. The molecular weight excluding hydrogens is 401 g/mol. The van der Waals surface area contributed by atoms with Gasteiger partial charge in [0.1, 0.15) is 23.1 Å². The highest BCUT2D eigenvalue weighted by atomic mass is 19.1. The SMILES string of the molecule is CC(C)C[C@H](C)Oc1cc(-n2nc(C(C)C)n(C)c2=O)c(F)cc1C(=O)N[C@@H](C)CN. The van der Waals surface area contributed by atoms with E-state index >= 15 is 4.39 Å². The molecule has 9 heteroatoms. The fourth-order valence-corrected chi connectivity index (χ4v) is 3.38. The van der Waals surface area contributed by atoms with Crippen LogP contribution < -0.4 is 21.5 Å². The first-order chi connectivity index (χ1) is 14.5. The number of halogens is 1. The Labute approximate surface area is 182 Å². The number of amides is 1. The number of aromatic nitrogens is 3. The third-order valence-electron chi connectivity index (χ3n) is 4.91. The van der Waals surface area contributed by atoms with Gasteiger partial charge in [-0.2, -0.15) is 4.68 Å². The van der Waals surface area contributed by atoms with Gasteiger partial charge in [-0.05, 0) is 32.3 Å². The molecule has 0 spiro atoms. The lowest BCUT2D eigenvalue weighted by atomic mass is 10.1. The van der Waals surface area contributed by atoms with Crippen molar-refractivity contribution in [2.24, 2.45) is 18.7 Å². The highest BCUT2D eigenvalue weighted by molar-refractivity contribution is 5.97. The summed E-state index contributed by atoms with van der Waals surface area (Å²) in [6.45, 7) is 11.8. The van der Waals surface area contributed by atoms with E-state index in [1.165, 1.54) is 10.6 Å². The number of carbonyl (C=O) groups excluding carboxylic acids is 1. The molecule has 0 bridgehead atoms. The molecule has 0 unspecified atom stereocenters. The summed E-state index contributed by atoms with van der Waals surface area (Å²) in [6.07, 6.45) is 0.525.